The predicted molar refractivity (Wildman–Crippen MR) is 94.5 cm³/mol. The Morgan fingerprint density at radius 1 is 1.08 bits per heavy atom. The molecule has 134 valence electrons. The fourth-order valence-corrected chi connectivity index (χ4v) is 1.92. The number of rotatable bonds is 6. The van der Waals surface area contributed by atoms with Crippen LogP contribution in [-0.2, 0) is 9.53 Å². The first-order valence-electron chi connectivity index (χ1n) is 7.64. The summed E-state index contributed by atoms with van der Waals surface area (Å²) < 4.78 is 28.7. The highest BCUT2D eigenvalue weighted by Crippen LogP contribution is 2.27. The van der Waals surface area contributed by atoms with Crippen LogP contribution in [0.5, 0.6) is 11.5 Å². The third-order valence-corrected chi connectivity index (χ3v) is 3.19. The van der Waals surface area contributed by atoms with E-state index in [1.165, 1.54) is 25.1 Å². The average molecular weight is 356 g/mol. The normalized spacial score (nSPS) is 9.92. The zero-order chi connectivity index (χ0) is 19.1. The number of hydrogen-bond acceptors (Lipinski definition) is 5. The number of halogens is 1. The molecule has 0 aliphatic carbocycles. The lowest BCUT2D eigenvalue weighted by Crippen LogP contribution is -2.10. The van der Waals surface area contributed by atoms with Crippen molar-refractivity contribution in [3.63, 3.8) is 0 Å². The van der Waals surface area contributed by atoms with Gasteiger partial charge < -0.3 is 14.2 Å². The highest BCUT2D eigenvalue weighted by Gasteiger charge is 2.12. The summed E-state index contributed by atoms with van der Waals surface area (Å²) in [6.45, 7) is 8.40. The molecule has 0 heterocycles. The molecule has 5 nitrogen and oxygen atoms in total. The molecule has 2 rings (SSSR count). The van der Waals surface area contributed by atoms with Gasteiger partial charge in [-0.3, -0.25) is 0 Å². The van der Waals surface area contributed by atoms with Crippen molar-refractivity contribution in [1.29, 1.82) is 0 Å². The van der Waals surface area contributed by atoms with Crippen molar-refractivity contribution < 1.29 is 28.2 Å². The van der Waals surface area contributed by atoms with Crippen molar-refractivity contribution in [3.05, 3.63) is 73.1 Å². The first-order chi connectivity index (χ1) is 12.4. The highest BCUT2D eigenvalue weighted by molar-refractivity contribution is 5.88. The van der Waals surface area contributed by atoms with Gasteiger partial charge >= 0.3 is 12.1 Å². The van der Waals surface area contributed by atoms with Crippen molar-refractivity contribution in [3.8, 4) is 22.6 Å². The summed E-state index contributed by atoms with van der Waals surface area (Å²) in [5.41, 5.74) is 1.43. The molecule has 0 N–H and O–H groups in total. The van der Waals surface area contributed by atoms with Crippen LogP contribution in [0.4, 0.5) is 9.18 Å². The predicted octanol–water partition coefficient (Wildman–Crippen LogP) is 4.68. The summed E-state index contributed by atoms with van der Waals surface area (Å²) in [5.74, 6) is -1.26. The highest BCUT2D eigenvalue weighted by atomic mass is 19.1. The maximum absolute atomic E-state index is 14.1. The fraction of sp³-hybridized carbons (Fsp3) is 0.100. The Kier molecular flexibility index (Phi) is 6.27. The summed E-state index contributed by atoms with van der Waals surface area (Å²) >= 11 is 0. The van der Waals surface area contributed by atoms with E-state index in [0.29, 0.717) is 11.1 Å². The zero-order valence-electron chi connectivity index (χ0n) is 14.2. The van der Waals surface area contributed by atoms with E-state index in [2.05, 4.69) is 13.2 Å². The van der Waals surface area contributed by atoms with Crippen molar-refractivity contribution in [2.24, 2.45) is 0 Å². The van der Waals surface area contributed by atoms with Gasteiger partial charge in [0.2, 0.25) is 0 Å². The lowest BCUT2D eigenvalue weighted by atomic mass is 10.1. The number of esters is 1. The minimum absolute atomic E-state index is 0.0541. The van der Waals surface area contributed by atoms with Gasteiger partial charge in [-0.15, -0.1) is 0 Å². The molecule has 0 saturated heterocycles. The minimum Gasteiger partial charge on any atom is -0.430 e. The van der Waals surface area contributed by atoms with Crippen molar-refractivity contribution in [2.75, 3.05) is 6.61 Å². The topological polar surface area (TPSA) is 61.8 Å². The van der Waals surface area contributed by atoms with Gasteiger partial charge in [0.25, 0.3) is 0 Å². The third kappa shape index (κ3) is 5.04. The second-order valence-corrected chi connectivity index (χ2v) is 5.29. The van der Waals surface area contributed by atoms with E-state index in [4.69, 9.17) is 14.2 Å². The van der Waals surface area contributed by atoms with Gasteiger partial charge in [-0.25, -0.2) is 14.0 Å². The molecular formula is C20H17FO5. The van der Waals surface area contributed by atoms with Crippen molar-refractivity contribution in [2.45, 2.75) is 6.92 Å². The van der Waals surface area contributed by atoms with Gasteiger partial charge in [0, 0.05) is 5.57 Å². The fourth-order valence-electron chi connectivity index (χ4n) is 1.92. The Morgan fingerprint density at radius 3 is 2.31 bits per heavy atom. The Morgan fingerprint density at radius 2 is 1.73 bits per heavy atom. The number of hydrogen-bond donors (Lipinski definition) is 0. The molecule has 0 unspecified atom stereocenters. The van der Waals surface area contributed by atoms with Gasteiger partial charge in [0.15, 0.2) is 11.6 Å². The second-order valence-electron chi connectivity index (χ2n) is 5.29. The van der Waals surface area contributed by atoms with Crippen LogP contribution in [0.15, 0.2) is 67.3 Å². The van der Waals surface area contributed by atoms with Crippen LogP contribution in [0.2, 0.25) is 0 Å². The summed E-state index contributed by atoms with van der Waals surface area (Å²) in [7, 11) is 0. The van der Waals surface area contributed by atoms with E-state index in [0.717, 1.165) is 0 Å². The first-order valence-corrected chi connectivity index (χ1v) is 7.64. The minimum atomic E-state index is -0.840. The van der Waals surface area contributed by atoms with Crippen LogP contribution < -0.4 is 9.47 Å². The van der Waals surface area contributed by atoms with Gasteiger partial charge in [0.05, 0.1) is 0 Å². The maximum atomic E-state index is 14.1. The summed E-state index contributed by atoms with van der Waals surface area (Å²) in [6.07, 6.45) is 0.586. The zero-order valence-corrected chi connectivity index (χ0v) is 14.2. The Balaban J connectivity index is 2.10. The number of ether oxygens (including phenoxy) is 3. The summed E-state index contributed by atoms with van der Waals surface area (Å²) in [5, 5.41) is 0. The molecule has 0 bridgehead atoms. The lowest BCUT2D eigenvalue weighted by Gasteiger charge is -2.08. The van der Waals surface area contributed by atoms with Crippen molar-refractivity contribution in [1.82, 2.24) is 0 Å². The lowest BCUT2D eigenvalue weighted by molar-refractivity contribution is -0.130. The molecule has 0 saturated carbocycles. The third-order valence-electron chi connectivity index (χ3n) is 3.19. The Bertz CT molecular complexity index is 840. The van der Waals surface area contributed by atoms with Gasteiger partial charge in [-0.1, -0.05) is 37.4 Å². The standard InChI is InChI=1S/C20H17FO5/c1-4-11-24-20(23)25-16-8-5-14(6-9-16)15-7-10-18(17(21)12-15)26-19(22)13(2)3/h4-10,12H,1-2,11H2,3H3. The molecule has 0 amide bonds. The van der Waals surface area contributed by atoms with E-state index >= 15 is 0 Å². The first kappa shape index (κ1) is 18.9. The van der Waals surface area contributed by atoms with Gasteiger partial charge in [-0.05, 0) is 42.3 Å². The molecule has 2 aromatic carbocycles. The molecule has 0 aliphatic heterocycles. The molecule has 0 atom stereocenters. The monoisotopic (exact) mass is 356 g/mol. The SMILES string of the molecule is C=CCOC(=O)Oc1ccc(-c2ccc(OC(=O)C(=C)C)c(F)c2)cc1. The summed E-state index contributed by atoms with van der Waals surface area (Å²) in [6, 6.07) is 10.6. The average Bonchev–Trinajstić information content (AvgIpc) is 2.62. The molecule has 26 heavy (non-hydrogen) atoms. The maximum Gasteiger partial charge on any atom is 0.514 e. The van der Waals surface area contributed by atoms with E-state index < -0.39 is 17.9 Å². The van der Waals surface area contributed by atoms with E-state index in [1.807, 2.05) is 0 Å². The molecule has 0 aliphatic rings. The van der Waals surface area contributed by atoms with Crippen LogP contribution in [0.3, 0.4) is 0 Å². The molecule has 2 aromatic rings. The molecule has 0 fully saturated rings. The molecule has 0 radical (unpaired) electrons. The summed E-state index contributed by atoms with van der Waals surface area (Å²) in [4.78, 5) is 22.8. The molecule has 6 heteroatoms. The van der Waals surface area contributed by atoms with Crippen LogP contribution >= 0.6 is 0 Å². The van der Waals surface area contributed by atoms with E-state index in [9.17, 15) is 14.0 Å². The number of carbonyl (C=O) groups excluding carboxylic acids is 2. The number of benzene rings is 2. The van der Waals surface area contributed by atoms with Gasteiger partial charge in [-0.2, -0.15) is 0 Å². The van der Waals surface area contributed by atoms with Crippen LogP contribution in [0.25, 0.3) is 11.1 Å². The van der Waals surface area contributed by atoms with Crippen molar-refractivity contribution >= 4 is 12.1 Å². The van der Waals surface area contributed by atoms with Crippen LogP contribution in [0, 0.1) is 5.82 Å². The Labute approximate surface area is 150 Å². The van der Waals surface area contributed by atoms with Gasteiger partial charge in [0.1, 0.15) is 12.4 Å². The van der Waals surface area contributed by atoms with E-state index in [-0.39, 0.29) is 23.7 Å². The van der Waals surface area contributed by atoms with E-state index in [1.54, 1.807) is 30.3 Å². The smallest absolute Gasteiger partial charge is 0.430 e. The molecular weight excluding hydrogens is 339 g/mol. The largest absolute Gasteiger partial charge is 0.514 e. The molecule has 0 spiro atoms. The van der Waals surface area contributed by atoms with Crippen LogP contribution in [-0.4, -0.2) is 18.7 Å². The second kappa shape index (κ2) is 8.62. The van der Waals surface area contributed by atoms with Crippen LogP contribution in [0.1, 0.15) is 6.92 Å². The Hall–Kier alpha value is -3.41. The molecule has 0 aromatic heterocycles. The quantitative estimate of drug-likeness (QED) is 0.247. The number of carbonyl (C=O) groups is 2.